The van der Waals surface area contributed by atoms with Crippen molar-refractivity contribution in [2.75, 3.05) is 37.3 Å². The van der Waals surface area contributed by atoms with E-state index in [4.69, 9.17) is 4.98 Å². The molecule has 2 aliphatic rings. The lowest BCUT2D eigenvalue weighted by Gasteiger charge is -2.34. The fourth-order valence-electron chi connectivity index (χ4n) is 3.89. The van der Waals surface area contributed by atoms with Crippen LogP contribution in [0.15, 0.2) is 0 Å². The third kappa shape index (κ3) is 3.15. The van der Waals surface area contributed by atoms with Crippen molar-refractivity contribution in [3.8, 4) is 0 Å². The van der Waals surface area contributed by atoms with Crippen LogP contribution < -0.4 is 4.90 Å². The average Bonchev–Trinajstić information content (AvgIpc) is 2.90. The minimum absolute atomic E-state index is 0.521. The molecule has 1 aliphatic heterocycles. The molecule has 8 heteroatoms. The molecule has 25 heavy (non-hydrogen) atoms. The number of rotatable bonds is 2. The average molecular weight is 381 g/mol. The molecule has 1 aliphatic carbocycles. The molecule has 0 bridgehead atoms. The fourth-order valence-corrected chi connectivity index (χ4v) is 6.14. The summed E-state index contributed by atoms with van der Waals surface area (Å²) in [6, 6.07) is 0. The van der Waals surface area contributed by atoms with Crippen LogP contribution in [0, 0.1) is 12.8 Å². The van der Waals surface area contributed by atoms with Crippen molar-refractivity contribution in [3.63, 3.8) is 0 Å². The summed E-state index contributed by atoms with van der Waals surface area (Å²) in [5, 5.41) is 1.21. The van der Waals surface area contributed by atoms with Gasteiger partial charge in [0.15, 0.2) is 0 Å². The lowest BCUT2D eigenvalue weighted by molar-refractivity contribution is 0.387. The number of aryl methyl sites for hydroxylation is 2. The number of anilines is 1. The molecule has 1 fully saturated rings. The first-order valence-corrected chi connectivity index (χ1v) is 11.5. The molecule has 4 rings (SSSR count). The maximum atomic E-state index is 11.8. The highest BCUT2D eigenvalue weighted by Crippen LogP contribution is 2.41. The number of thiophene rings is 1. The lowest BCUT2D eigenvalue weighted by Crippen LogP contribution is -2.48. The van der Waals surface area contributed by atoms with Crippen LogP contribution in [-0.4, -0.2) is 55.1 Å². The van der Waals surface area contributed by atoms with E-state index in [0.29, 0.717) is 26.2 Å². The van der Waals surface area contributed by atoms with E-state index in [1.54, 1.807) is 4.31 Å². The van der Waals surface area contributed by atoms with Gasteiger partial charge in [0.1, 0.15) is 16.5 Å². The van der Waals surface area contributed by atoms with Gasteiger partial charge < -0.3 is 4.90 Å². The van der Waals surface area contributed by atoms with Gasteiger partial charge in [-0.1, -0.05) is 6.92 Å². The molecule has 0 aromatic carbocycles. The van der Waals surface area contributed by atoms with E-state index in [1.807, 2.05) is 18.3 Å². The van der Waals surface area contributed by atoms with Gasteiger partial charge in [-0.05, 0) is 37.7 Å². The minimum atomic E-state index is -3.12. The van der Waals surface area contributed by atoms with Crippen molar-refractivity contribution in [2.45, 2.75) is 33.1 Å². The summed E-state index contributed by atoms with van der Waals surface area (Å²) < 4.78 is 25.1. The quantitative estimate of drug-likeness (QED) is 0.799. The van der Waals surface area contributed by atoms with Crippen LogP contribution in [0.1, 0.15) is 29.6 Å². The number of sulfonamides is 1. The molecule has 1 atom stereocenters. The standard InChI is InChI=1S/C17H24N4O2S2/c1-11-4-5-13-14(10-11)24-17-15(13)16(18-12(2)19-17)20-6-8-21(9-7-20)25(3,22)23/h11H,4-10H2,1-3H3/t11-/m1/s1. The zero-order valence-electron chi connectivity index (χ0n) is 14.9. The second-order valence-electron chi connectivity index (χ2n) is 7.28. The Bertz CT molecular complexity index is 914. The van der Waals surface area contributed by atoms with Crippen molar-refractivity contribution >= 4 is 37.4 Å². The molecule has 0 N–H and O–H groups in total. The summed E-state index contributed by atoms with van der Waals surface area (Å²) >= 11 is 1.82. The molecule has 3 heterocycles. The summed E-state index contributed by atoms with van der Waals surface area (Å²) in [5.41, 5.74) is 1.43. The van der Waals surface area contributed by atoms with Gasteiger partial charge in [-0.15, -0.1) is 11.3 Å². The molecular formula is C17H24N4O2S2. The number of aromatic nitrogens is 2. The second kappa shape index (κ2) is 6.17. The Kier molecular flexibility index (Phi) is 4.24. The molecule has 1 saturated heterocycles. The maximum Gasteiger partial charge on any atom is 0.211 e. The summed E-state index contributed by atoms with van der Waals surface area (Å²) in [6.07, 6.45) is 4.73. The van der Waals surface area contributed by atoms with Gasteiger partial charge in [0.05, 0.1) is 11.6 Å². The molecule has 0 unspecified atom stereocenters. The Morgan fingerprint density at radius 2 is 1.88 bits per heavy atom. The first-order chi connectivity index (χ1) is 11.8. The van der Waals surface area contributed by atoms with E-state index < -0.39 is 10.0 Å². The van der Waals surface area contributed by atoms with E-state index in [-0.39, 0.29) is 0 Å². The molecule has 0 saturated carbocycles. The first kappa shape index (κ1) is 17.2. The van der Waals surface area contributed by atoms with E-state index in [2.05, 4.69) is 16.8 Å². The molecule has 2 aromatic rings. The Balaban J connectivity index is 1.73. The Hall–Kier alpha value is -1.25. The molecule has 0 radical (unpaired) electrons. The summed E-state index contributed by atoms with van der Waals surface area (Å²) in [6.45, 7) is 6.66. The van der Waals surface area contributed by atoms with Crippen molar-refractivity contribution < 1.29 is 8.42 Å². The van der Waals surface area contributed by atoms with Gasteiger partial charge in [-0.3, -0.25) is 0 Å². The first-order valence-electron chi connectivity index (χ1n) is 8.82. The highest BCUT2D eigenvalue weighted by atomic mass is 32.2. The Labute approximate surface area is 152 Å². The monoisotopic (exact) mass is 380 g/mol. The van der Waals surface area contributed by atoms with E-state index in [0.717, 1.165) is 35.2 Å². The molecule has 6 nitrogen and oxygen atoms in total. The van der Waals surface area contributed by atoms with Gasteiger partial charge in [0.2, 0.25) is 10.0 Å². The van der Waals surface area contributed by atoms with Gasteiger partial charge in [-0.2, -0.15) is 4.31 Å². The zero-order chi connectivity index (χ0) is 17.8. The third-order valence-corrected chi connectivity index (χ3v) is 7.71. The lowest BCUT2D eigenvalue weighted by atomic mass is 9.89. The fraction of sp³-hybridized carbons (Fsp3) is 0.647. The largest absolute Gasteiger partial charge is 0.353 e. The zero-order valence-corrected chi connectivity index (χ0v) is 16.6. The van der Waals surface area contributed by atoms with Crippen LogP contribution in [0.25, 0.3) is 10.2 Å². The van der Waals surface area contributed by atoms with Gasteiger partial charge in [0.25, 0.3) is 0 Å². The highest BCUT2D eigenvalue weighted by molar-refractivity contribution is 7.88. The third-order valence-electron chi connectivity index (χ3n) is 5.25. The second-order valence-corrected chi connectivity index (χ2v) is 10.3. The van der Waals surface area contributed by atoms with Crippen LogP contribution in [0.2, 0.25) is 0 Å². The van der Waals surface area contributed by atoms with Gasteiger partial charge in [0, 0.05) is 31.1 Å². The minimum Gasteiger partial charge on any atom is -0.353 e. The number of nitrogens with zero attached hydrogens (tertiary/aromatic N) is 4. The van der Waals surface area contributed by atoms with E-state index in [9.17, 15) is 8.42 Å². The van der Waals surface area contributed by atoms with Crippen LogP contribution in [0.3, 0.4) is 0 Å². The summed E-state index contributed by atoms with van der Waals surface area (Å²) in [4.78, 5) is 14.2. The number of hydrogen-bond acceptors (Lipinski definition) is 6. The van der Waals surface area contributed by atoms with Crippen LogP contribution in [0.4, 0.5) is 5.82 Å². The summed E-state index contributed by atoms with van der Waals surface area (Å²) in [5.74, 6) is 2.53. The molecule has 0 amide bonds. The number of fused-ring (bicyclic) bond motifs is 3. The normalized spacial score (nSPS) is 22.4. The number of piperazine rings is 1. The molecule has 0 spiro atoms. The SMILES string of the molecule is Cc1nc(N2CCN(S(C)(=O)=O)CC2)c2c3c(sc2n1)C[C@H](C)CC3. The molecular weight excluding hydrogens is 356 g/mol. The molecule has 2 aromatic heterocycles. The Morgan fingerprint density at radius 1 is 1.16 bits per heavy atom. The smallest absolute Gasteiger partial charge is 0.211 e. The van der Waals surface area contributed by atoms with Crippen LogP contribution in [-0.2, 0) is 22.9 Å². The number of hydrogen-bond donors (Lipinski definition) is 0. The Morgan fingerprint density at radius 3 is 2.56 bits per heavy atom. The topological polar surface area (TPSA) is 66.4 Å². The van der Waals surface area contributed by atoms with Crippen molar-refractivity contribution in [2.24, 2.45) is 5.92 Å². The highest BCUT2D eigenvalue weighted by Gasteiger charge is 2.29. The van der Waals surface area contributed by atoms with Crippen molar-refractivity contribution in [1.29, 1.82) is 0 Å². The summed E-state index contributed by atoms with van der Waals surface area (Å²) in [7, 11) is -3.12. The van der Waals surface area contributed by atoms with E-state index >= 15 is 0 Å². The van der Waals surface area contributed by atoms with Crippen molar-refractivity contribution in [3.05, 3.63) is 16.3 Å². The predicted octanol–water partition coefficient (Wildman–Crippen LogP) is 2.21. The van der Waals surface area contributed by atoms with Gasteiger partial charge >= 0.3 is 0 Å². The van der Waals surface area contributed by atoms with Crippen LogP contribution in [0.5, 0.6) is 0 Å². The molecule has 136 valence electrons. The van der Waals surface area contributed by atoms with Gasteiger partial charge in [-0.25, -0.2) is 18.4 Å². The van der Waals surface area contributed by atoms with Crippen molar-refractivity contribution in [1.82, 2.24) is 14.3 Å². The predicted molar refractivity (Wildman–Crippen MR) is 102 cm³/mol. The van der Waals surface area contributed by atoms with E-state index in [1.165, 1.54) is 28.5 Å². The maximum absolute atomic E-state index is 11.8. The van der Waals surface area contributed by atoms with Crippen LogP contribution >= 0.6 is 11.3 Å².